The van der Waals surface area contributed by atoms with Gasteiger partial charge in [0.1, 0.15) is 19.7 Å². The number of fused-ring (bicyclic) bond motifs is 1. The quantitative estimate of drug-likeness (QED) is 0.511. The van der Waals surface area contributed by atoms with Crippen LogP contribution in [-0.4, -0.2) is 7.85 Å². The molecule has 54 valence electrons. The zero-order chi connectivity index (χ0) is 7.84. The SMILES string of the molecule is Bc1ccc2occ(I)c2c1. The second-order valence-electron chi connectivity index (χ2n) is 2.58. The third-order valence-electron chi connectivity index (χ3n) is 1.68. The molecule has 0 bridgehead atoms. The van der Waals surface area contributed by atoms with Crippen molar-refractivity contribution in [2.45, 2.75) is 0 Å². The maximum atomic E-state index is 5.30. The van der Waals surface area contributed by atoms with Gasteiger partial charge in [-0.25, -0.2) is 0 Å². The van der Waals surface area contributed by atoms with Crippen LogP contribution in [0.15, 0.2) is 28.9 Å². The summed E-state index contributed by atoms with van der Waals surface area (Å²) >= 11 is 2.28. The Hall–Kier alpha value is -0.445. The maximum Gasteiger partial charge on any atom is 0.139 e. The van der Waals surface area contributed by atoms with Crippen molar-refractivity contribution >= 4 is 46.9 Å². The van der Waals surface area contributed by atoms with Crippen molar-refractivity contribution < 1.29 is 4.42 Å². The number of rotatable bonds is 0. The van der Waals surface area contributed by atoms with E-state index in [0.717, 1.165) is 5.58 Å². The summed E-state index contributed by atoms with van der Waals surface area (Å²) in [5, 5.41) is 1.21. The van der Waals surface area contributed by atoms with Crippen LogP contribution in [0.2, 0.25) is 0 Å². The Balaban J connectivity index is 2.87. The van der Waals surface area contributed by atoms with Gasteiger partial charge in [0.25, 0.3) is 0 Å². The van der Waals surface area contributed by atoms with Crippen LogP contribution in [0.4, 0.5) is 0 Å². The summed E-state index contributed by atoms with van der Waals surface area (Å²) in [6.07, 6.45) is 1.78. The smallest absolute Gasteiger partial charge is 0.139 e. The van der Waals surface area contributed by atoms with E-state index in [2.05, 4.69) is 42.6 Å². The Morgan fingerprint density at radius 1 is 1.36 bits per heavy atom. The third kappa shape index (κ3) is 1.17. The zero-order valence-electron chi connectivity index (χ0n) is 6.10. The Labute approximate surface area is 79.3 Å². The summed E-state index contributed by atoms with van der Waals surface area (Å²) in [5.74, 6) is 0. The minimum absolute atomic E-state index is 0.972. The monoisotopic (exact) mass is 256 g/mol. The van der Waals surface area contributed by atoms with Crippen LogP contribution in [0.5, 0.6) is 0 Å². The van der Waals surface area contributed by atoms with Crippen LogP contribution < -0.4 is 5.46 Å². The molecule has 11 heavy (non-hydrogen) atoms. The highest BCUT2D eigenvalue weighted by atomic mass is 127. The average Bonchev–Trinajstić information content (AvgIpc) is 2.33. The standard InChI is InChI=1S/C8H6BIO/c9-5-1-2-8-6(3-5)7(10)4-11-8/h1-4H,9H2. The molecule has 0 amide bonds. The van der Waals surface area contributed by atoms with E-state index in [0.29, 0.717) is 0 Å². The number of benzene rings is 1. The number of hydrogen-bond donors (Lipinski definition) is 0. The van der Waals surface area contributed by atoms with E-state index in [-0.39, 0.29) is 0 Å². The van der Waals surface area contributed by atoms with E-state index in [1.165, 1.54) is 14.4 Å². The second-order valence-corrected chi connectivity index (χ2v) is 3.75. The Bertz CT molecular complexity index is 394. The summed E-state index contributed by atoms with van der Waals surface area (Å²) < 4.78 is 6.48. The molecule has 0 aliphatic carbocycles. The lowest BCUT2D eigenvalue weighted by Crippen LogP contribution is -1.98. The molecule has 0 radical (unpaired) electrons. The molecule has 0 unspecified atom stereocenters. The first kappa shape index (κ1) is 7.22. The molecular weight excluding hydrogens is 250 g/mol. The van der Waals surface area contributed by atoms with Gasteiger partial charge in [0.15, 0.2) is 0 Å². The van der Waals surface area contributed by atoms with Gasteiger partial charge in [-0.1, -0.05) is 17.6 Å². The number of hydrogen-bond acceptors (Lipinski definition) is 1. The summed E-state index contributed by atoms with van der Waals surface area (Å²) in [6.45, 7) is 0. The fraction of sp³-hybridized carbons (Fsp3) is 0. The Kier molecular flexibility index (Phi) is 1.67. The highest BCUT2D eigenvalue weighted by molar-refractivity contribution is 14.1. The largest absolute Gasteiger partial charge is 0.463 e. The fourth-order valence-electron chi connectivity index (χ4n) is 1.11. The van der Waals surface area contributed by atoms with Crippen LogP contribution in [0, 0.1) is 3.57 Å². The first-order chi connectivity index (χ1) is 5.27. The lowest BCUT2D eigenvalue weighted by molar-refractivity contribution is 0.613. The van der Waals surface area contributed by atoms with E-state index in [1.807, 2.05) is 6.07 Å². The molecule has 2 aromatic rings. The highest BCUT2D eigenvalue weighted by Crippen LogP contribution is 2.20. The zero-order valence-corrected chi connectivity index (χ0v) is 8.25. The summed E-state index contributed by atoms with van der Waals surface area (Å²) in [5.41, 5.74) is 2.25. The van der Waals surface area contributed by atoms with Crippen molar-refractivity contribution in [1.82, 2.24) is 0 Å². The third-order valence-corrected chi connectivity index (χ3v) is 2.52. The van der Waals surface area contributed by atoms with Gasteiger partial charge in [-0.2, -0.15) is 0 Å². The van der Waals surface area contributed by atoms with Gasteiger partial charge in [-0.3, -0.25) is 0 Å². The molecular formula is C8H6BIO. The molecule has 0 saturated heterocycles. The Morgan fingerprint density at radius 2 is 2.18 bits per heavy atom. The van der Waals surface area contributed by atoms with Gasteiger partial charge in [0.05, 0.1) is 3.57 Å². The van der Waals surface area contributed by atoms with Gasteiger partial charge in [-0.15, -0.1) is 0 Å². The van der Waals surface area contributed by atoms with Crippen molar-refractivity contribution in [2.24, 2.45) is 0 Å². The highest BCUT2D eigenvalue weighted by Gasteiger charge is 2.01. The van der Waals surface area contributed by atoms with Gasteiger partial charge >= 0.3 is 0 Å². The lowest BCUT2D eigenvalue weighted by atomic mass is 9.95. The van der Waals surface area contributed by atoms with Crippen molar-refractivity contribution in [2.75, 3.05) is 0 Å². The summed E-state index contributed by atoms with van der Waals surface area (Å²) in [7, 11) is 2.09. The predicted molar refractivity (Wildman–Crippen MR) is 57.1 cm³/mol. The molecule has 0 fully saturated rings. The molecule has 0 saturated carbocycles. The predicted octanol–water partition coefficient (Wildman–Crippen LogP) is 1.30. The molecule has 1 aromatic heterocycles. The molecule has 1 heterocycles. The van der Waals surface area contributed by atoms with Crippen LogP contribution in [0.1, 0.15) is 0 Å². The molecule has 0 aliphatic heterocycles. The van der Waals surface area contributed by atoms with E-state index >= 15 is 0 Å². The van der Waals surface area contributed by atoms with E-state index < -0.39 is 0 Å². The van der Waals surface area contributed by atoms with E-state index in [9.17, 15) is 0 Å². The Morgan fingerprint density at radius 3 is 3.00 bits per heavy atom. The van der Waals surface area contributed by atoms with Crippen LogP contribution in [0.25, 0.3) is 11.0 Å². The van der Waals surface area contributed by atoms with E-state index in [4.69, 9.17) is 4.42 Å². The molecule has 0 atom stereocenters. The molecule has 0 N–H and O–H groups in total. The molecule has 0 aliphatic rings. The molecule has 3 heteroatoms. The molecule has 1 aromatic carbocycles. The van der Waals surface area contributed by atoms with Gasteiger partial charge in [0, 0.05) is 5.39 Å². The number of halogens is 1. The molecule has 2 rings (SSSR count). The molecule has 0 spiro atoms. The molecule has 1 nitrogen and oxygen atoms in total. The van der Waals surface area contributed by atoms with Gasteiger partial charge in [-0.05, 0) is 28.7 Å². The van der Waals surface area contributed by atoms with Crippen LogP contribution in [-0.2, 0) is 0 Å². The maximum absolute atomic E-state index is 5.30. The normalized spacial score (nSPS) is 10.6. The van der Waals surface area contributed by atoms with Crippen LogP contribution in [0.3, 0.4) is 0 Å². The average molecular weight is 256 g/mol. The minimum atomic E-state index is 0.972. The van der Waals surface area contributed by atoms with Gasteiger partial charge < -0.3 is 4.42 Å². The first-order valence-corrected chi connectivity index (χ1v) is 4.48. The van der Waals surface area contributed by atoms with E-state index in [1.54, 1.807) is 6.26 Å². The summed E-state index contributed by atoms with van der Waals surface area (Å²) in [4.78, 5) is 0. The summed E-state index contributed by atoms with van der Waals surface area (Å²) in [6, 6.07) is 6.20. The minimum Gasteiger partial charge on any atom is -0.463 e. The lowest BCUT2D eigenvalue weighted by Gasteiger charge is -1.90. The van der Waals surface area contributed by atoms with Crippen LogP contribution >= 0.6 is 22.6 Å². The topological polar surface area (TPSA) is 13.1 Å². The van der Waals surface area contributed by atoms with Crippen molar-refractivity contribution in [3.05, 3.63) is 28.0 Å². The fourth-order valence-corrected chi connectivity index (χ4v) is 1.66. The first-order valence-electron chi connectivity index (χ1n) is 3.41. The number of furan rings is 1. The van der Waals surface area contributed by atoms with Gasteiger partial charge in [0.2, 0.25) is 0 Å². The van der Waals surface area contributed by atoms with Crippen molar-refractivity contribution in [1.29, 1.82) is 0 Å². The van der Waals surface area contributed by atoms with Crippen molar-refractivity contribution in [3.8, 4) is 0 Å². The van der Waals surface area contributed by atoms with Crippen molar-refractivity contribution in [3.63, 3.8) is 0 Å². The second kappa shape index (κ2) is 2.55.